The lowest BCUT2D eigenvalue weighted by atomic mass is 9.84. The van der Waals surface area contributed by atoms with Crippen LogP contribution >= 0.6 is 0 Å². The third-order valence-electron chi connectivity index (χ3n) is 6.29. The Balaban J connectivity index is 1.27. The Kier molecular flexibility index (Phi) is 5.63. The smallest absolute Gasteiger partial charge is 0.260 e. The second-order valence-electron chi connectivity index (χ2n) is 8.04. The average molecular weight is 367 g/mol. The molecule has 1 amide bonds. The second-order valence-corrected chi connectivity index (χ2v) is 8.04. The monoisotopic (exact) mass is 366 g/mol. The number of ether oxygens (including phenoxy) is 1. The third kappa shape index (κ3) is 4.27. The second kappa shape index (κ2) is 8.30. The number of carbonyl (C=O) groups excluding carboxylic acids is 1. The molecule has 1 saturated carbocycles. The molecule has 1 saturated heterocycles. The van der Waals surface area contributed by atoms with Gasteiger partial charge in [0, 0.05) is 32.2 Å². The van der Waals surface area contributed by atoms with Gasteiger partial charge in [-0.2, -0.15) is 0 Å². The van der Waals surface area contributed by atoms with E-state index in [-0.39, 0.29) is 12.5 Å². The summed E-state index contributed by atoms with van der Waals surface area (Å²) in [5.74, 6) is 1.65. The van der Waals surface area contributed by atoms with E-state index >= 15 is 0 Å². The van der Waals surface area contributed by atoms with E-state index in [4.69, 9.17) is 4.74 Å². The molecule has 2 fully saturated rings. The van der Waals surface area contributed by atoms with Gasteiger partial charge in [-0.05, 0) is 41.7 Å². The summed E-state index contributed by atoms with van der Waals surface area (Å²) >= 11 is 0. The van der Waals surface area contributed by atoms with Crippen molar-refractivity contribution in [2.45, 2.75) is 38.6 Å². The molecule has 2 aromatic carbocycles. The Hall–Kier alpha value is -2.07. The first-order chi connectivity index (χ1) is 13.2. The molecule has 0 unspecified atom stereocenters. The number of amides is 1. The van der Waals surface area contributed by atoms with Crippen molar-refractivity contribution in [2.75, 3.05) is 32.8 Å². The summed E-state index contributed by atoms with van der Waals surface area (Å²) in [5, 5.41) is 2.32. The SMILES string of the molecule is C[C@H]1CCCC[C@H]1N1CCN(C(=O)COc2ccc3ccccc3c2)CC1. The highest BCUT2D eigenvalue weighted by Crippen LogP contribution is 2.28. The van der Waals surface area contributed by atoms with Crippen LogP contribution in [0.1, 0.15) is 32.6 Å². The largest absolute Gasteiger partial charge is 0.484 e. The molecular weight excluding hydrogens is 336 g/mol. The summed E-state index contributed by atoms with van der Waals surface area (Å²) in [7, 11) is 0. The Labute approximate surface area is 162 Å². The topological polar surface area (TPSA) is 32.8 Å². The molecule has 4 nitrogen and oxygen atoms in total. The number of hydrogen-bond donors (Lipinski definition) is 0. The van der Waals surface area contributed by atoms with Gasteiger partial charge >= 0.3 is 0 Å². The molecule has 1 aliphatic heterocycles. The summed E-state index contributed by atoms with van der Waals surface area (Å²) in [4.78, 5) is 17.1. The summed E-state index contributed by atoms with van der Waals surface area (Å²) in [5.41, 5.74) is 0. The number of carbonyl (C=O) groups is 1. The molecule has 4 heteroatoms. The number of piperazine rings is 1. The molecule has 144 valence electrons. The van der Waals surface area contributed by atoms with E-state index in [1.54, 1.807) is 0 Å². The first kappa shape index (κ1) is 18.3. The van der Waals surface area contributed by atoms with Crippen LogP contribution in [0.4, 0.5) is 0 Å². The summed E-state index contributed by atoms with van der Waals surface area (Å²) in [6.07, 6.45) is 5.40. The summed E-state index contributed by atoms with van der Waals surface area (Å²) < 4.78 is 5.78. The first-order valence-electron chi connectivity index (χ1n) is 10.3. The quantitative estimate of drug-likeness (QED) is 0.822. The maximum absolute atomic E-state index is 12.6. The van der Waals surface area contributed by atoms with Gasteiger partial charge in [0.2, 0.25) is 0 Å². The molecule has 0 spiro atoms. The molecule has 2 aliphatic rings. The van der Waals surface area contributed by atoms with E-state index in [1.165, 1.54) is 31.1 Å². The van der Waals surface area contributed by atoms with Gasteiger partial charge in [0.05, 0.1) is 0 Å². The van der Waals surface area contributed by atoms with Gasteiger partial charge in [-0.3, -0.25) is 9.69 Å². The van der Waals surface area contributed by atoms with Crippen LogP contribution in [-0.2, 0) is 4.79 Å². The Morgan fingerprint density at radius 1 is 1.00 bits per heavy atom. The first-order valence-corrected chi connectivity index (χ1v) is 10.3. The van der Waals surface area contributed by atoms with Gasteiger partial charge in [0.1, 0.15) is 5.75 Å². The fourth-order valence-corrected chi connectivity index (χ4v) is 4.64. The van der Waals surface area contributed by atoms with Crippen LogP contribution in [-0.4, -0.2) is 54.5 Å². The van der Waals surface area contributed by atoms with E-state index < -0.39 is 0 Å². The maximum atomic E-state index is 12.6. The highest BCUT2D eigenvalue weighted by Gasteiger charge is 2.30. The van der Waals surface area contributed by atoms with Crippen molar-refractivity contribution in [2.24, 2.45) is 5.92 Å². The summed E-state index contributed by atoms with van der Waals surface area (Å²) in [6, 6.07) is 14.9. The number of nitrogens with zero attached hydrogens (tertiary/aromatic N) is 2. The average Bonchev–Trinajstić information content (AvgIpc) is 2.72. The predicted octanol–water partition coefficient (Wildman–Crippen LogP) is 3.94. The van der Waals surface area contributed by atoms with Crippen LogP contribution in [0.2, 0.25) is 0 Å². The van der Waals surface area contributed by atoms with Gasteiger partial charge in [-0.15, -0.1) is 0 Å². The minimum Gasteiger partial charge on any atom is -0.484 e. The molecule has 0 radical (unpaired) electrons. The lowest BCUT2D eigenvalue weighted by molar-refractivity contribution is -0.135. The van der Waals surface area contributed by atoms with Gasteiger partial charge in [0.15, 0.2) is 6.61 Å². The maximum Gasteiger partial charge on any atom is 0.260 e. The van der Waals surface area contributed by atoms with Crippen molar-refractivity contribution in [3.8, 4) is 5.75 Å². The van der Waals surface area contributed by atoms with E-state index in [1.807, 2.05) is 35.2 Å². The molecule has 0 bridgehead atoms. The number of benzene rings is 2. The standard InChI is InChI=1S/C23H30N2O2/c1-18-6-2-5-9-22(18)24-12-14-25(15-13-24)23(26)17-27-21-11-10-19-7-3-4-8-20(19)16-21/h3-4,7-8,10-11,16,18,22H,2,5-6,9,12-15,17H2,1H3/t18-,22+/m0/s1. The highest BCUT2D eigenvalue weighted by atomic mass is 16.5. The van der Waals surface area contributed by atoms with Crippen molar-refractivity contribution in [1.29, 1.82) is 0 Å². The predicted molar refractivity (Wildman–Crippen MR) is 109 cm³/mol. The zero-order chi connectivity index (χ0) is 18.6. The molecule has 2 atom stereocenters. The van der Waals surface area contributed by atoms with Crippen LogP contribution in [0.3, 0.4) is 0 Å². The zero-order valence-electron chi connectivity index (χ0n) is 16.3. The molecule has 27 heavy (non-hydrogen) atoms. The lowest BCUT2D eigenvalue weighted by Gasteiger charge is -2.43. The number of fused-ring (bicyclic) bond motifs is 1. The van der Waals surface area contributed by atoms with E-state index in [9.17, 15) is 4.79 Å². The molecule has 1 aliphatic carbocycles. The van der Waals surface area contributed by atoms with E-state index in [2.05, 4.69) is 24.0 Å². The fraction of sp³-hybridized carbons (Fsp3) is 0.522. The van der Waals surface area contributed by atoms with Crippen molar-refractivity contribution in [3.63, 3.8) is 0 Å². The Bertz CT molecular complexity index is 783. The van der Waals surface area contributed by atoms with Crippen LogP contribution < -0.4 is 4.74 Å². The Morgan fingerprint density at radius 3 is 2.52 bits per heavy atom. The van der Waals surface area contributed by atoms with Gasteiger partial charge in [0.25, 0.3) is 5.91 Å². The number of hydrogen-bond acceptors (Lipinski definition) is 3. The molecule has 4 rings (SSSR count). The van der Waals surface area contributed by atoms with Crippen LogP contribution in [0.25, 0.3) is 10.8 Å². The number of rotatable bonds is 4. The van der Waals surface area contributed by atoms with Crippen LogP contribution in [0, 0.1) is 5.92 Å². The normalized spacial score (nSPS) is 24.1. The van der Waals surface area contributed by atoms with E-state index in [0.717, 1.165) is 43.2 Å². The van der Waals surface area contributed by atoms with Crippen molar-refractivity contribution in [3.05, 3.63) is 42.5 Å². The highest BCUT2D eigenvalue weighted by molar-refractivity contribution is 5.84. The zero-order valence-corrected chi connectivity index (χ0v) is 16.3. The molecule has 0 N–H and O–H groups in total. The van der Waals surface area contributed by atoms with Gasteiger partial charge < -0.3 is 9.64 Å². The van der Waals surface area contributed by atoms with Crippen molar-refractivity contribution >= 4 is 16.7 Å². The van der Waals surface area contributed by atoms with Crippen LogP contribution in [0.5, 0.6) is 5.75 Å². The molecule has 2 aromatic rings. The molecular formula is C23H30N2O2. The minimum atomic E-state index is 0.0968. The summed E-state index contributed by atoms with van der Waals surface area (Å²) in [6.45, 7) is 6.15. The third-order valence-corrected chi connectivity index (χ3v) is 6.29. The molecule has 0 aromatic heterocycles. The minimum absolute atomic E-state index is 0.0968. The molecule has 1 heterocycles. The van der Waals surface area contributed by atoms with Crippen molar-refractivity contribution in [1.82, 2.24) is 9.80 Å². The lowest BCUT2D eigenvalue weighted by Crippen LogP contribution is -2.54. The van der Waals surface area contributed by atoms with Gasteiger partial charge in [-0.1, -0.05) is 50.1 Å². The van der Waals surface area contributed by atoms with Crippen LogP contribution in [0.15, 0.2) is 42.5 Å². The Morgan fingerprint density at radius 2 is 1.74 bits per heavy atom. The van der Waals surface area contributed by atoms with Gasteiger partial charge in [-0.25, -0.2) is 0 Å². The fourth-order valence-electron chi connectivity index (χ4n) is 4.64. The van der Waals surface area contributed by atoms with Crippen molar-refractivity contribution < 1.29 is 9.53 Å². The van der Waals surface area contributed by atoms with E-state index in [0.29, 0.717) is 6.04 Å².